The number of methoxy groups -OCH3 is 1. The largest absolute Gasteiger partial charge is 0.497 e. The van der Waals surface area contributed by atoms with Crippen molar-refractivity contribution in [2.45, 2.75) is 39.5 Å². The minimum atomic E-state index is -0.379. The zero-order chi connectivity index (χ0) is 25.6. The molecule has 6 heteroatoms. The van der Waals surface area contributed by atoms with Gasteiger partial charge in [-0.15, -0.1) is 0 Å². The topological polar surface area (TPSA) is 80.4 Å². The molecule has 3 aromatic carbocycles. The Labute approximate surface area is 225 Å². The summed E-state index contributed by atoms with van der Waals surface area (Å²) in [6.07, 6.45) is 4.24. The van der Waals surface area contributed by atoms with Crippen LogP contribution in [0.1, 0.15) is 41.7 Å². The molecule has 4 rings (SSSR count). The fourth-order valence-electron chi connectivity index (χ4n) is 4.68. The molecule has 1 aliphatic rings. The van der Waals surface area contributed by atoms with E-state index in [-0.39, 0.29) is 28.1 Å². The van der Waals surface area contributed by atoms with E-state index in [9.17, 15) is 0 Å². The molecule has 1 radical (unpaired) electrons. The second-order valence-corrected chi connectivity index (χ2v) is 8.99. The number of aliphatic hydroxyl groups is 1. The summed E-state index contributed by atoms with van der Waals surface area (Å²) in [5.41, 5.74) is 7.97. The number of fused-ring (bicyclic) bond motifs is 1. The van der Waals surface area contributed by atoms with E-state index in [1.54, 1.807) is 31.4 Å². The Balaban J connectivity index is 0.000000386. The number of hydrogen-bond donors (Lipinski definition) is 3. The van der Waals surface area contributed by atoms with Crippen LogP contribution in [0.15, 0.2) is 78.5 Å². The van der Waals surface area contributed by atoms with Gasteiger partial charge in [0.05, 0.1) is 7.11 Å². The number of aryl methyl sites for hydroxylation is 2. The summed E-state index contributed by atoms with van der Waals surface area (Å²) in [6.45, 7) is 9.63. The van der Waals surface area contributed by atoms with E-state index < -0.39 is 0 Å². The molecule has 0 fully saturated rings. The zero-order valence-corrected chi connectivity index (χ0v) is 22.6. The maximum Gasteiger partial charge on any atom is 0.210 e. The van der Waals surface area contributed by atoms with Crippen LogP contribution in [0.3, 0.4) is 0 Å². The van der Waals surface area contributed by atoms with Gasteiger partial charge in [0, 0.05) is 51.9 Å². The van der Waals surface area contributed by atoms with Crippen molar-refractivity contribution in [3.8, 4) is 5.75 Å². The smallest absolute Gasteiger partial charge is 0.210 e. The van der Waals surface area contributed by atoms with Gasteiger partial charge in [0.1, 0.15) is 5.75 Å². The average Bonchev–Trinajstić information content (AvgIpc) is 3.09. The first kappa shape index (κ1) is 28.9. The van der Waals surface area contributed by atoms with E-state index in [1.165, 1.54) is 39.9 Å². The number of nitrogens with one attached hydrogen (secondary N) is 2. The number of likely N-dealkylation sites (N-methyl/N-ethyl adjacent to an activating group) is 1. The normalized spacial score (nSPS) is 16.9. The third kappa shape index (κ3) is 6.06. The molecule has 0 aromatic heterocycles. The Morgan fingerprint density at radius 2 is 1.72 bits per heavy atom. The molecule has 191 valence electrons. The molecule has 0 aliphatic carbocycles. The molecule has 36 heavy (non-hydrogen) atoms. The summed E-state index contributed by atoms with van der Waals surface area (Å²) in [6, 6.07) is 21.8. The number of anilines is 1. The summed E-state index contributed by atoms with van der Waals surface area (Å²) in [5.74, 6) is 0.498. The fraction of sp³-hybridized carbons (Fsp3) is 0.267. The standard InChI is InChI=1S/C23H28N2O.C7H7NO.Co/c1-6-25-21-10-9-19(26-5)14-20(21)23(4,22(25)11-12-24)15-18-8-7-16(2)17(3)13-18;8-7(9)6-4-2-1-3-5-6;/h7-14,24H,6,15H2,1-5H3;1-5H,(H2,8,9);/b22-11-,24-12?;;. The van der Waals surface area contributed by atoms with Crippen molar-refractivity contribution < 1.29 is 26.6 Å². The van der Waals surface area contributed by atoms with Gasteiger partial charge in [-0.1, -0.05) is 36.4 Å². The van der Waals surface area contributed by atoms with Crippen LogP contribution >= 0.6 is 0 Å². The molecule has 0 amide bonds. The van der Waals surface area contributed by atoms with Crippen molar-refractivity contribution in [3.63, 3.8) is 0 Å². The minimum absolute atomic E-state index is 0. The molecule has 0 bridgehead atoms. The molecular formula is C30H35CoN3O2. The number of benzene rings is 3. The zero-order valence-electron chi connectivity index (χ0n) is 21.6. The number of aliphatic hydroxyl groups excluding tert-OH is 1. The number of rotatable bonds is 6. The van der Waals surface area contributed by atoms with Gasteiger partial charge >= 0.3 is 0 Å². The van der Waals surface area contributed by atoms with Crippen LogP contribution in [0, 0.1) is 24.7 Å². The fourth-order valence-corrected chi connectivity index (χ4v) is 4.68. The van der Waals surface area contributed by atoms with Crippen LogP contribution in [0.25, 0.3) is 0 Å². The van der Waals surface area contributed by atoms with Crippen molar-refractivity contribution in [1.82, 2.24) is 0 Å². The Morgan fingerprint density at radius 3 is 2.25 bits per heavy atom. The summed E-state index contributed by atoms with van der Waals surface area (Å²) < 4.78 is 5.50. The van der Waals surface area contributed by atoms with Crippen molar-refractivity contribution in [2.75, 3.05) is 18.6 Å². The van der Waals surface area contributed by atoms with Gasteiger partial charge in [0.15, 0.2) is 0 Å². The predicted molar refractivity (Wildman–Crippen MR) is 146 cm³/mol. The molecule has 1 unspecified atom stereocenters. The van der Waals surface area contributed by atoms with E-state index in [1.807, 2.05) is 18.2 Å². The Bertz CT molecular complexity index is 1240. The molecule has 3 aromatic rings. The molecule has 3 N–H and O–H groups in total. The van der Waals surface area contributed by atoms with Gasteiger partial charge in [-0.25, -0.2) is 0 Å². The van der Waals surface area contributed by atoms with Crippen molar-refractivity contribution in [1.29, 1.82) is 10.8 Å². The van der Waals surface area contributed by atoms with Crippen LogP contribution in [0.5, 0.6) is 5.75 Å². The third-order valence-electron chi connectivity index (χ3n) is 6.68. The van der Waals surface area contributed by atoms with Gasteiger partial charge in [-0.3, -0.25) is 5.41 Å². The first-order chi connectivity index (χ1) is 16.7. The van der Waals surface area contributed by atoms with Crippen molar-refractivity contribution in [2.24, 2.45) is 0 Å². The molecule has 0 saturated heterocycles. The van der Waals surface area contributed by atoms with E-state index in [4.69, 9.17) is 20.7 Å². The van der Waals surface area contributed by atoms with Gasteiger partial charge in [0.25, 0.3) is 0 Å². The Kier molecular flexibility index (Phi) is 10.1. The molecular weight excluding hydrogens is 493 g/mol. The van der Waals surface area contributed by atoms with Crippen molar-refractivity contribution >= 4 is 17.8 Å². The maximum absolute atomic E-state index is 8.61. The van der Waals surface area contributed by atoms with Crippen LogP contribution in [-0.2, 0) is 28.6 Å². The van der Waals surface area contributed by atoms with Gasteiger partial charge in [-0.05, 0) is 92.8 Å². The average molecular weight is 529 g/mol. The molecule has 0 saturated carbocycles. The molecule has 1 aliphatic heterocycles. The number of ether oxygens (including phenoxy) is 1. The van der Waals surface area contributed by atoms with E-state index in [0.717, 1.165) is 18.7 Å². The Morgan fingerprint density at radius 1 is 1.03 bits per heavy atom. The van der Waals surface area contributed by atoms with Gasteiger partial charge in [-0.2, -0.15) is 0 Å². The van der Waals surface area contributed by atoms with E-state index in [0.29, 0.717) is 5.56 Å². The van der Waals surface area contributed by atoms with Crippen LogP contribution < -0.4 is 9.64 Å². The predicted octanol–water partition coefficient (Wildman–Crippen LogP) is 6.75. The van der Waals surface area contributed by atoms with E-state index >= 15 is 0 Å². The first-order valence-corrected chi connectivity index (χ1v) is 11.8. The van der Waals surface area contributed by atoms with Gasteiger partial charge < -0.3 is 20.2 Å². The molecule has 1 atom stereocenters. The summed E-state index contributed by atoms with van der Waals surface area (Å²) >= 11 is 0. The summed E-state index contributed by atoms with van der Waals surface area (Å²) in [5, 5.41) is 23.1. The first-order valence-electron chi connectivity index (χ1n) is 11.8. The molecule has 0 spiro atoms. The van der Waals surface area contributed by atoms with Crippen molar-refractivity contribution in [3.05, 3.63) is 106 Å². The summed E-state index contributed by atoms with van der Waals surface area (Å²) in [7, 11) is 1.71. The second-order valence-electron chi connectivity index (χ2n) is 8.99. The van der Waals surface area contributed by atoms with Gasteiger partial charge in [0.2, 0.25) is 5.90 Å². The quantitative estimate of drug-likeness (QED) is 0.245. The van der Waals surface area contributed by atoms with Crippen LogP contribution in [0.4, 0.5) is 5.69 Å². The van der Waals surface area contributed by atoms with Crippen LogP contribution in [0.2, 0.25) is 0 Å². The third-order valence-corrected chi connectivity index (χ3v) is 6.68. The summed E-state index contributed by atoms with van der Waals surface area (Å²) in [4.78, 5) is 2.32. The monoisotopic (exact) mass is 528 g/mol. The molecule has 5 nitrogen and oxygen atoms in total. The minimum Gasteiger partial charge on any atom is -0.497 e. The van der Waals surface area contributed by atoms with E-state index in [2.05, 4.69) is 62.9 Å². The SMILES string of the molecule is CCN1/C(=C\C=N)C(C)(Cc2ccc(C)c(C)c2)c2cc(OC)ccc21.N=C(O)c1ccccc1.[Co]. The maximum atomic E-state index is 8.61. The number of allylic oxidation sites excluding steroid dienone is 2. The molecule has 1 heterocycles. The van der Waals surface area contributed by atoms with Crippen LogP contribution in [-0.4, -0.2) is 30.9 Å². The Hall–Kier alpha value is -3.35. The second kappa shape index (κ2) is 12.6. The number of hydrogen-bond acceptors (Lipinski definition) is 4. The number of nitrogens with zero attached hydrogens (tertiary/aromatic N) is 1.